The van der Waals surface area contributed by atoms with Crippen LogP contribution in [-0.4, -0.2) is 106 Å². The minimum absolute atomic E-state index is 0.0530. The fourth-order valence-electron chi connectivity index (χ4n) is 6.12. The highest BCUT2D eigenvalue weighted by Crippen LogP contribution is 2.41. The summed E-state index contributed by atoms with van der Waals surface area (Å²) in [6.07, 6.45) is 2.49. The SMILES string of the molecule is CC(=O)N1CCC(N2CC3(CN(C(=O)c4ccccc4)CC4CC(O)CN43)C2)CC1. The zero-order chi connectivity index (χ0) is 20.9. The van der Waals surface area contributed by atoms with Crippen LogP contribution in [-0.2, 0) is 4.79 Å². The Bertz CT molecular complexity index is 802. The molecule has 4 saturated heterocycles. The zero-order valence-corrected chi connectivity index (χ0v) is 17.7. The van der Waals surface area contributed by atoms with E-state index in [-0.39, 0.29) is 29.5 Å². The van der Waals surface area contributed by atoms with E-state index >= 15 is 0 Å². The number of rotatable bonds is 2. The van der Waals surface area contributed by atoms with Crippen LogP contribution in [0.3, 0.4) is 0 Å². The van der Waals surface area contributed by atoms with Crippen LogP contribution in [0.15, 0.2) is 30.3 Å². The van der Waals surface area contributed by atoms with Gasteiger partial charge < -0.3 is 14.9 Å². The molecule has 4 fully saturated rings. The molecule has 2 unspecified atom stereocenters. The van der Waals surface area contributed by atoms with Crippen LogP contribution in [0, 0.1) is 0 Å². The van der Waals surface area contributed by atoms with E-state index in [1.165, 1.54) is 0 Å². The number of piperazine rings is 1. The lowest BCUT2D eigenvalue weighted by Gasteiger charge is -2.63. The van der Waals surface area contributed by atoms with Crippen molar-refractivity contribution in [1.82, 2.24) is 19.6 Å². The van der Waals surface area contributed by atoms with Crippen molar-refractivity contribution in [3.05, 3.63) is 35.9 Å². The Labute approximate surface area is 178 Å². The molecule has 0 aliphatic carbocycles. The molecule has 7 heteroatoms. The van der Waals surface area contributed by atoms with E-state index in [0.29, 0.717) is 19.1 Å². The quantitative estimate of drug-likeness (QED) is 0.772. The van der Waals surface area contributed by atoms with Crippen LogP contribution < -0.4 is 0 Å². The van der Waals surface area contributed by atoms with Crippen molar-refractivity contribution in [3.63, 3.8) is 0 Å². The molecule has 0 bridgehead atoms. The van der Waals surface area contributed by atoms with Gasteiger partial charge in [-0.1, -0.05) is 18.2 Å². The largest absolute Gasteiger partial charge is 0.392 e. The second kappa shape index (κ2) is 7.62. The number of carbonyl (C=O) groups is 2. The number of aliphatic hydroxyl groups excluding tert-OH is 1. The van der Waals surface area contributed by atoms with Gasteiger partial charge in [0, 0.05) is 70.4 Å². The molecule has 0 aromatic heterocycles. The molecule has 1 N–H and O–H groups in total. The number of amides is 2. The van der Waals surface area contributed by atoms with Crippen LogP contribution >= 0.6 is 0 Å². The summed E-state index contributed by atoms with van der Waals surface area (Å²) in [4.78, 5) is 33.8. The van der Waals surface area contributed by atoms with Crippen molar-refractivity contribution in [1.29, 1.82) is 0 Å². The van der Waals surface area contributed by atoms with Gasteiger partial charge in [0.1, 0.15) is 0 Å². The van der Waals surface area contributed by atoms with Crippen molar-refractivity contribution in [3.8, 4) is 0 Å². The molecule has 2 atom stereocenters. The lowest BCUT2D eigenvalue weighted by atomic mass is 9.81. The summed E-state index contributed by atoms with van der Waals surface area (Å²) in [5.74, 6) is 0.272. The summed E-state index contributed by atoms with van der Waals surface area (Å²) < 4.78 is 0. The van der Waals surface area contributed by atoms with Gasteiger partial charge in [0.2, 0.25) is 5.91 Å². The summed E-state index contributed by atoms with van der Waals surface area (Å²) in [6.45, 7) is 7.36. The number of carbonyl (C=O) groups excluding carboxylic acids is 2. The van der Waals surface area contributed by atoms with Gasteiger partial charge in [-0.15, -0.1) is 0 Å². The van der Waals surface area contributed by atoms with E-state index in [1.807, 2.05) is 40.1 Å². The van der Waals surface area contributed by atoms with E-state index < -0.39 is 0 Å². The van der Waals surface area contributed by atoms with Crippen LogP contribution in [0.25, 0.3) is 0 Å². The van der Waals surface area contributed by atoms with Gasteiger partial charge in [-0.05, 0) is 31.4 Å². The molecular weight excluding hydrogens is 380 g/mol. The van der Waals surface area contributed by atoms with Crippen LogP contribution in [0.2, 0.25) is 0 Å². The molecule has 0 radical (unpaired) electrons. The maximum Gasteiger partial charge on any atom is 0.253 e. The summed E-state index contributed by atoms with van der Waals surface area (Å²) in [5.41, 5.74) is 0.690. The third-order valence-electron chi connectivity index (χ3n) is 7.65. The number of nitrogens with zero attached hydrogens (tertiary/aromatic N) is 4. The summed E-state index contributed by atoms with van der Waals surface area (Å²) >= 11 is 0. The lowest BCUT2D eigenvalue weighted by molar-refractivity contribution is -0.136. The number of hydrogen-bond acceptors (Lipinski definition) is 5. The molecule has 4 aliphatic heterocycles. The fourth-order valence-corrected chi connectivity index (χ4v) is 6.12. The van der Waals surface area contributed by atoms with Crippen molar-refractivity contribution >= 4 is 11.8 Å². The van der Waals surface area contributed by atoms with E-state index in [9.17, 15) is 14.7 Å². The van der Waals surface area contributed by atoms with Gasteiger partial charge in [0.25, 0.3) is 5.91 Å². The van der Waals surface area contributed by atoms with E-state index in [4.69, 9.17) is 0 Å². The number of fused-ring (bicyclic) bond motifs is 2. The highest BCUT2D eigenvalue weighted by molar-refractivity contribution is 5.94. The second-order valence-corrected chi connectivity index (χ2v) is 9.61. The van der Waals surface area contributed by atoms with Crippen molar-refractivity contribution < 1.29 is 14.7 Å². The van der Waals surface area contributed by atoms with Crippen molar-refractivity contribution in [2.24, 2.45) is 0 Å². The highest BCUT2D eigenvalue weighted by Gasteiger charge is 2.57. The van der Waals surface area contributed by atoms with Crippen molar-refractivity contribution in [2.45, 2.75) is 49.9 Å². The van der Waals surface area contributed by atoms with E-state index in [1.54, 1.807) is 6.92 Å². The van der Waals surface area contributed by atoms with Gasteiger partial charge in [-0.25, -0.2) is 0 Å². The topological polar surface area (TPSA) is 67.3 Å². The van der Waals surface area contributed by atoms with Crippen LogP contribution in [0.4, 0.5) is 0 Å². The smallest absolute Gasteiger partial charge is 0.253 e. The molecule has 4 heterocycles. The highest BCUT2D eigenvalue weighted by atomic mass is 16.3. The predicted molar refractivity (Wildman–Crippen MR) is 113 cm³/mol. The normalized spacial score (nSPS) is 29.7. The summed E-state index contributed by atoms with van der Waals surface area (Å²) in [6, 6.07) is 10.3. The molecule has 30 heavy (non-hydrogen) atoms. The minimum atomic E-state index is -0.300. The molecule has 1 aromatic carbocycles. The number of hydrogen-bond donors (Lipinski definition) is 1. The standard InChI is InChI=1S/C23H32N4O3/c1-17(28)24-9-7-19(8-10-24)26-15-23(16-26)14-25(12-20-11-21(29)13-27(20)23)22(30)18-5-3-2-4-6-18/h2-6,19-21,29H,7-16H2,1H3. The van der Waals surface area contributed by atoms with Crippen molar-refractivity contribution in [2.75, 3.05) is 45.8 Å². The van der Waals surface area contributed by atoms with Gasteiger partial charge in [0.15, 0.2) is 0 Å². The molecule has 4 aliphatic rings. The molecule has 1 aromatic rings. The summed E-state index contributed by atoms with van der Waals surface area (Å²) in [5, 5.41) is 10.4. The first-order chi connectivity index (χ1) is 14.4. The predicted octanol–water partition coefficient (Wildman–Crippen LogP) is 0.643. The minimum Gasteiger partial charge on any atom is -0.392 e. The molecule has 1 spiro atoms. The van der Waals surface area contributed by atoms with E-state index in [0.717, 1.165) is 57.5 Å². The molecule has 5 rings (SSSR count). The Balaban J connectivity index is 1.29. The Morgan fingerprint density at radius 1 is 0.967 bits per heavy atom. The van der Waals surface area contributed by atoms with Gasteiger partial charge in [-0.3, -0.25) is 19.4 Å². The molecule has 162 valence electrons. The number of β-amino-alcohol motifs (C(OH)–C–C–N with tert-alkyl or cyclic N) is 1. The Kier molecular flexibility index (Phi) is 5.08. The monoisotopic (exact) mass is 412 g/mol. The number of aliphatic hydroxyl groups is 1. The first-order valence-electron chi connectivity index (χ1n) is 11.2. The Hall–Kier alpha value is -1.96. The second-order valence-electron chi connectivity index (χ2n) is 9.61. The maximum atomic E-state index is 13.2. The maximum absolute atomic E-state index is 13.2. The Morgan fingerprint density at radius 3 is 2.33 bits per heavy atom. The van der Waals surface area contributed by atoms with Gasteiger partial charge in [0.05, 0.1) is 11.6 Å². The number of benzene rings is 1. The fraction of sp³-hybridized carbons (Fsp3) is 0.652. The van der Waals surface area contributed by atoms with Gasteiger partial charge in [-0.2, -0.15) is 0 Å². The lowest BCUT2D eigenvalue weighted by Crippen LogP contribution is -2.79. The van der Waals surface area contributed by atoms with Crippen LogP contribution in [0.1, 0.15) is 36.5 Å². The molecular formula is C23H32N4O3. The first-order valence-corrected chi connectivity index (χ1v) is 11.2. The molecule has 2 amide bonds. The molecule has 0 saturated carbocycles. The van der Waals surface area contributed by atoms with E-state index in [2.05, 4.69) is 9.80 Å². The first kappa shape index (κ1) is 20.0. The number of likely N-dealkylation sites (tertiary alicyclic amines) is 2. The third kappa shape index (κ3) is 3.43. The molecule has 7 nitrogen and oxygen atoms in total. The van der Waals surface area contributed by atoms with Crippen LogP contribution in [0.5, 0.6) is 0 Å². The average Bonchev–Trinajstić information content (AvgIpc) is 3.12. The average molecular weight is 413 g/mol. The number of piperidine rings is 1. The van der Waals surface area contributed by atoms with Gasteiger partial charge >= 0.3 is 0 Å². The third-order valence-corrected chi connectivity index (χ3v) is 7.65. The zero-order valence-electron chi connectivity index (χ0n) is 17.7. The summed E-state index contributed by atoms with van der Waals surface area (Å²) in [7, 11) is 0. The Morgan fingerprint density at radius 2 is 1.67 bits per heavy atom.